The van der Waals surface area contributed by atoms with E-state index in [4.69, 9.17) is 5.10 Å². The summed E-state index contributed by atoms with van der Waals surface area (Å²) in [6.45, 7) is 9.98. The molecular weight excluding hydrogens is 246 g/mol. The summed E-state index contributed by atoms with van der Waals surface area (Å²) in [6.07, 6.45) is 2.17. The number of fused-ring (bicyclic) bond motifs is 1. The summed E-state index contributed by atoms with van der Waals surface area (Å²) in [5.41, 5.74) is 2.73. The first-order chi connectivity index (χ1) is 9.46. The van der Waals surface area contributed by atoms with Crippen LogP contribution in [-0.4, -0.2) is 22.9 Å². The Morgan fingerprint density at radius 1 is 1.30 bits per heavy atom. The van der Waals surface area contributed by atoms with Gasteiger partial charge >= 0.3 is 0 Å². The van der Waals surface area contributed by atoms with Crippen LogP contribution in [0.3, 0.4) is 0 Å². The van der Waals surface area contributed by atoms with Crippen molar-refractivity contribution in [1.82, 2.24) is 15.1 Å². The zero-order valence-corrected chi connectivity index (χ0v) is 13.4. The van der Waals surface area contributed by atoms with Gasteiger partial charge in [0.05, 0.1) is 11.2 Å². The molecule has 0 spiro atoms. The third kappa shape index (κ3) is 3.21. The Labute approximate surface area is 122 Å². The Morgan fingerprint density at radius 3 is 2.65 bits per heavy atom. The largest absolute Gasteiger partial charge is 0.317 e. The minimum absolute atomic E-state index is 0.248. The molecule has 1 unspecified atom stereocenters. The van der Waals surface area contributed by atoms with Crippen LogP contribution < -0.4 is 5.32 Å². The van der Waals surface area contributed by atoms with Crippen LogP contribution in [0.25, 0.3) is 10.9 Å². The van der Waals surface area contributed by atoms with Gasteiger partial charge in [-0.1, -0.05) is 32.0 Å². The first-order valence-electron chi connectivity index (χ1n) is 7.58. The smallest absolute Gasteiger partial charge is 0.0708 e. The molecule has 1 atom stereocenters. The Kier molecular flexibility index (Phi) is 4.48. The van der Waals surface area contributed by atoms with Crippen molar-refractivity contribution in [3.63, 3.8) is 0 Å². The highest BCUT2D eigenvalue weighted by atomic mass is 15.3. The van der Waals surface area contributed by atoms with Crippen molar-refractivity contribution in [3.05, 3.63) is 30.0 Å². The van der Waals surface area contributed by atoms with Crippen LogP contribution >= 0.6 is 0 Å². The fraction of sp³-hybridized carbons (Fsp3) is 0.588. The standard InChI is InChI=1S/C17H27N3/c1-6-20-16-10-8-7-9-14(16)15(19-20)12-17(3,4)11-13(2)18-5/h7-10,13,18H,6,11-12H2,1-5H3. The molecule has 1 N–H and O–H groups in total. The zero-order valence-electron chi connectivity index (χ0n) is 13.4. The van der Waals surface area contributed by atoms with Crippen LogP contribution in [0, 0.1) is 5.41 Å². The van der Waals surface area contributed by atoms with Gasteiger partial charge in [-0.3, -0.25) is 4.68 Å². The molecule has 0 saturated heterocycles. The Balaban J connectivity index is 2.29. The lowest BCUT2D eigenvalue weighted by Crippen LogP contribution is -2.29. The SMILES string of the molecule is CCn1nc(CC(C)(C)CC(C)NC)c2ccccc21. The predicted molar refractivity (Wildman–Crippen MR) is 86.0 cm³/mol. The molecule has 0 aliphatic carbocycles. The average Bonchev–Trinajstić information content (AvgIpc) is 2.76. The number of nitrogens with one attached hydrogen (secondary N) is 1. The van der Waals surface area contributed by atoms with E-state index >= 15 is 0 Å². The van der Waals surface area contributed by atoms with E-state index in [-0.39, 0.29) is 5.41 Å². The van der Waals surface area contributed by atoms with Crippen molar-refractivity contribution in [2.45, 2.75) is 53.1 Å². The second-order valence-electron chi connectivity index (χ2n) is 6.51. The summed E-state index contributed by atoms with van der Waals surface area (Å²) >= 11 is 0. The normalized spacial score (nSPS) is 13.8. The maximum Gasteiger partial charge on any atom is 0.0708 e. The summed E-state index contributed by atoms with van der Waals surface area (Å²) in [4.78, 5) is 0. The van der Waals surface area contributed by atoms with Crippen LogP contribution in [0.15, 0.2) is 24.3 Å². The monoisotopic (exact) mass is 273 g/mol. The number of rotatable bonds is 6. The Morgan fingerprint density at radius 2 is 2.00 bits per heavy atom. The van der Waals surface area contributed by atoms with Gasteiger partial charge in [-0.15, -0.1) is 0 Å². The minimum Gasteiger partial charge on any atom is -0.317 e. The van der Waals surface area contributed by atoms with Crippen LogP contribution in [0.2, 0.25) is 0 Å². The molecule has 0 bridgehead atoms. The molecule has 0 saturated carbocycles. The summed E-state index contributed by atoms with van der Waals surface area (Å²) < 4.78 is 2.11. The second kappa shape index (κ2) is 5.96. The third-order valence-electron chi connectivity index (χ3n) is 4.03. The summed E-state index contributed by atoms with van der Waals surface area (Å²) in [7, 11) is 2.03. The van der Waals surface area contributed by atoms with Gasteiger partial charge in [-0.25, -0.2) is 0 Å². The maximum atomic E-state index is 4.82. The number of aryl methyl sites for hydroxylation is 1. The fourth-order valence-electron chi connectivity index (χ4n) is 3.02. The van der Waals surface area contributed by atoms with Crippen molar-refractivity contribution >= 4 is 10.9 Å². The summed E-state index contributed by atoms with van der Waals surface area (Å²) in [6, 6.07) is 9.09. The van der Waals surface area contributed by atoms with Crippen LogP contribution in [0.4, 0.5) is 0 Å². The minimum atomic E-state index is 0.248. The first-order valence-corrected chi connectivity index (χ1v) is 7.58. The predicted octanol–water partition coefficient (Wildman–Crippen LogP) is 3.62. The molecule has 20 heavy (non-hydrogen) atoms. The highest BCUT2D eigenvalue weighted by molar-refractivity contribution is 5.82. The molecule has 0 aliphatic rings. The number of para-hydroxylation sites is 1. The van der Waals surface area contributed by atoms with Gasteiger partial charge in [0.15, 0.2) is 0 Å². The Bertz CT molecular complexity index is 569. The van der Waals surface area contributed by atoms with E-state index in [2.05, 4.69) is 62.0 Å². The van der Waals surface area contributed by atoms with E-state index in [1.807, 2.05) is 7.05 Å². The molecule has 0 radical (unpaired) electrons. The third-order valence-corrected chi connectivity index (χ3v) is 4.03. The molecule has 1 aromatic carbocycles. The molecule has 0 amide bonds. The molecule has 0 fully saturated rings. The summed E-state index contributed by atoms with van der Waals surface area (Å²) in [5, 5.41) is 9.46. The van der Waals surface area contributed by atoms with E-state index in [1.54, 1.807) is 0 Å². The zero-order chi connectivity index (χ0) is 14.8. The van der Waals surface area contributed by atoms with Gasteiger partial charge in [-0.05, 0) is 45.2 Å². The van der Waals surface area contributed by atoms with E-state index in [0.717, 1.165) is 19.4 Å². The van der Waals surface area contributed by atoms with E-state index < -0.39 is 0 Å². The van der Waals surface area contributed by atoms with Crippen molar-refractivity contribution in [2.75, 3.05) is 7.05 Å². The number of hydrogen-bond acceptors (Lipinski definition) is 2. The van der Waals surface area contributed by atoms with Crippen LogP contribution in [0.5, 0.6) is 0 Å². The van der Waals surface area contributed by atoms with E-state index in [9.17, 15) is 0 Å². The molecule has 3 heteroatoms. The number of nitrogens with zero attached hydrogens (tertiary/aromatic N) is 2. The van der Waals surface area contributed by atoms with Gasteiger partial charge in [0.1, 0.15) is 0 Å². The molecule has 3 nitrogen and oxygen atoms in total. The molecule has 2 aromatic rings. The lowest BCUT2D eigenvalue weighted by Gasteiger charge is -2.27. The van der Waals surface area contributed by atoms with Gasteiger partial charge in [0.25, 0.3) is 0 Å². The highest BCUT2D eigenvalue weighted by Crippen LogP contribution is 2.30. The highest BCUT2D eigenvalue weighted by Gasteiger charge is 2.24. The van der Waals surface area contributed by atoms with Gasteiger partial charge < -0.3 is 5.32 Å². The summed E-state index contributed by atoms with van der Waals surface area (Å²) in [5.74, 6) is 0. The molecule has 1 aromatic heterocycles. The molecule has 110 valence electrons. The van der Waals surface area contributed by atoms with Crippen molar-refractivity contribution in [2.24, 2.45) is 5.41 Å². The quantitative estimate of drug-likeness (QED) is 0.871. The van der Waals surface area contributed by atoms with Gasteiger partial charge in [0, 0.05) is 18.0 Å². The number of aromatic nitrogens is 2. The van der Waals surface area contributed by atoms with Gasteiger partial charge in [0.2, 0.25) is 0 Å². The second-order valence-corrected chi connectivity index (χ2v) is 6.51. The number of hydrogen-bond donors (Lipinski definition) is 1. The average molecular weight is 273 g/mol. The lowest BCUT2D eigenvalue weighted by molar-refractivity contribution is 0.291. The van der Waals surface area contributed by atoms with Crippen molar-refractivity contribution in [1.29, 1.82) is 0 Å². The molecule has 0 aliphatic heterocycles. The fourth-order valence-corrected chi connectivity index (χ4v) is 3.02. The maximum absolute atomic E-state index is 4.82. The number of benzene rings is 1. The molecular formula is C17H27N3. The lowest BCUT2D eigenvalue weighted by atomic mass is 9.81. The van der Waals surface area contributed by atoms with Gasteiger partial charge in [-0.2, -0.15) is 5.10 Å². The van der Waals surface area contributed by atoms with Crippen molar-refractivity contribution < 1.29 is 0 Å². The van der Waals surface area contributed by atoms with Crippen LogP contribution in [-0.2, 0) is 13.0 Å². The topological polar surface area (TPSA) is 29.9 Å². The molecule has 1 heterocycles. The van der Waals surface area contributed by atoms with Crippen molar-refractivity contribution in [3.8, 4) is 0 Å². The van der Waals surface area contributed by atoms with E-state index in [0.29, 0.717) is 6.04 Å². The molecule has 2 rings (SSSR count). The van der Waals surface area contributed by atoms with Crippen LogP contribution in [0.1, 0.15) is 39.8 Å². The Hall–Kier alpha value is -1.35. The first kappa shape index (κ1) is 15.0. The van der Waals surface area contributed by atoms with E-state index in [1.165, 1.54) is 16.6 Å².